The van der Waals surface area contributed by atoms with Crippen LogP contribution in [0.25, 0.3) is 0 Å². The predicted molar refractivity (Wildman–Crippen MR) is 78.4 cm³/mol. The Morgan fingerprint density at radius 2 is 2.37 bits per heavy atom. The van der Waals surface area contributed by atoms with E-state index in [0.717, 1.165) is 25.8 Å². The number of fused-ring (bicyclic) bond motifs is 1. The average molecular weight is 278 g/mol. The van der Waals surface area contributed by atoms with Gasteiger partial charge in [0.1, 0.15) is 0 Å². The summed E-state index contributed by atoms with van der Waals surface area (Å²) in [6.07, 6.45) is 6.70. The molecule has 0 radical (unpaired) electrons. The van der Waals surface area contributed by atoms with E-state index >= 15 is 0 Å². The summed E-state index contributed by atoms with van der Waals surface area (Å²) in [6, 6.07) is 2.29. The molecule has 1 aromatic rings. The number of carbonyl (C=O) groups excluding carboxylic acids is 1. The van der Waals surface area contributed by atoms with E-state index in [1.165, 1.54) is 34.6 Å². The second-order valence-electron chi connectivity index (χ2n) is 5.66. The summed E-state index contributed by atoms with van der Waals surface area (Å²) in [5.74, 6) is 0.182. The van der Waals surface area contributed by atoms with Crippen LogP contribution in [0.5, 0.6) is 0 Å². The Kier molecular flexibility index (Phi) is 3.63. The van der Waals surface area contributed by atoms with Crippen LogP contribution in [0.4, 0.5) is 0 Å². The third-order valence-corrected chi connectivity index (χ3v) is 5.74. The summed E-state index contributed by atoms with van der Waals surface area (Å²) in [4.78, 5) is 15.2. The van der Waals surface area contributed by atoms with Crippen molar-refractivity contribution in [1.29, 1.82) is 0 Å². The zero-order valence-electron chi connectivity index (χ0n) is 11.6. The molecule has 3 nitrogen and oxygen atoms in total. The van der Waals surface area contributed by atoms with Crippen LogP contribution < -0.4 is 10.6 Å². The minimum Gasteiger partial charge on any atom is -0.350 e. The van der Waals surface area contributed by atoms with Crippen LogP contribution in [0.15, 0.2) is 6.07 Å². The quantitative estimate of drug-likeness (QED) is 0.888. The summed E-state index contributed by atoms with van der Waals surface area (Å²) >= 11 is 1.88. The lowest BCUT2D eigenvalue weighted by atomic mass is 9.93. The van der Waals surface area contributed by atoms with E-state index in [4.69, 9.17) is 0 Å². The van der Waals surface area contributed by atoms with E-state index in [0.29, 0.717) is 6.54 Å². The number of aryl methyl sites for hydroxylation is 2. The number of hydrogen-bond donors (Lipinski definition) is 2. The van der Waals surface area contributed by atoms with Gasteiger partial charge in [0.2, 0.25) is 5.91 Å². The number of nitrogens with one attached hydrogen (secondary N) is 2. The summed E-state index contributed by atoms with van der Waals surface area (Å²) in [5.41, 5.74) is 1.21. The maximum atomic E-state index is 12.4. The summed E-state index contributed by atoms with van der Waals surface area (Å²) in [6.45, 7) is 3.76. The van der Waals surface area contributed by atoms with Gasteiger partial charge in [0.25, 0.3) is 0 Å². The van der Waals surface area contributed by atoms with Crippen LogP contribution in [-0.4, -0.2) is 18.0 Å². The van der Waals surface area contributed by atoms with Crippen molar-refractivity contribution in [3.8, 4) is 0 Å². The molecule has 1 unspecified atom stereocenters. The van der Waals surface area contributed by atoms with Crippen LogP contribution in [0.1, 0.15) is 47.9 Å². The highest BCUT2D eigenvalue weighted by molar-refractivity contribution is 7.12. The Hall–Kier alpha value is -0.870. The van der Waals surface area contributed by atoms with Crippen molar-refractivity contribution in [2.45, 2.75) is 57.5 Å². The molecular weight excluding hydrogens is 256 g/mol. The van der Waals surface area contributed by atoms with Gasteiger partial charge in [-0.1, -0.05) is 6.92 Å². The van der Waals surface area contributed by atoms with Gasteiger partial charge in [-0.15, -0.1) is 11.3 Å². The Morgan fingerprint density at radius 3 is 3.05 bits per heavy atom. The summed E-state index contributed by atoms with van der Waals surface area (Å²) < 4.78 is 0. The molecule has 1 saturated heterocycles. The fourth-order valence-corrected chi connectivity index (χ4v) is 4.48. The highest BCUT2D eigenvalue weighted by atomic mass is 32.1. The Bertz CT molecular complexity index is 453. The van der Waals surface area contributed by atoms with Gasteiger partial charge in [-0.05, 0) is 56.7 Å². The van der Waals surface area contributed by atoms with Gasteiger partial charge in [0, 0.05) is 9.75 Å². The van der Waals surface area contributed by atoms with E-state index in [1.807, 2.05) is 11.3 Å². The summed E-state index contributed by atoms with van der Waals surface area (Å²) in [7, 11) is 0. The lowest BCUT2D eigenvalue weighted by Crippen LogP contribution is -2.52. The van der Waals surface area contributed by atoms with E-state index in [2.05, 4.69) is 23.6 Å². The minimum absolute atomic E-state index is 0.182. The zero-order chi connectivity index (χ0) is 13.3. The van der Waals surface area contributed by atoms with Crippen molar-refractivity contribution in [3.63, 3.8) is 0 Å². The van der Waals surface area contributed by atoms with E-state index in [9.17, 15) is 4.79 Å². The molecule has 0 saturated carbocycles. The molecule has 0 spiro atoms. The molecule has 104 valence electrons. The SMILES string of the molecule is CCC1(C(=O)NCc2cc3c(s2)CCC3)CCCN1. The molecule has 3 rings (SSSR count). The number of carbonyl (C=O) groups is 1. The molecule has 1 aliphatic carbocycles. The molecule has 1 aromatic heterocycles. The van der Waals surface area contributed by atoms with Gasteiger partial charge >= 0.3 is 0 Å². The molecule has 1 atom stereocenters. The Labute approximate surface area is 118 Å². The number of hydrogen-bond acceptors (Lipinski definition) is 3. The number of rotatable bonds is 4. The van der Waals surface area contributed by atoms with Crippen molar-refractivity contribution in [2.24, 2.45) is 0 Å². The number of thiophene rings is 1. The van der Waals surface area contributed by atoms with Crippen LogP contribution in [0.3, 0.4) is 0 Å². The molecule has 19 heavy (non-hydrogen) atoms. The predicted octanol–water partition coefficient (Wildman–Crippen LogP) is 2.39. The standard InChI is InChI=1S/C15H22N2OS/c1-2-15(7-4-8-17-15)14(18)16-10-12-9-11-5-3-6-13(11)19-12/h9,17H,2-8,10H2,1H3,(H,16,18). The highest BCUT2D eigenvalue weighted by Crippen LogP contribution is 2.30. The lowest BCUT2D eigenvalue weighted by Gasteiger charge is -2.26. The normalized spacial score (nSPS) is 25.5. The average Bonchev–Trinajstić information content (AvgIpc) is 3.11. The smallest absolute Gasteiger partial charge is 0.240 e. The van der Waals surface area contributed by atoms with Gasteiger partial charge in [0.15, 0.2) is 0 Å². The molecule has 2 aliphatic rings. The Morgan fingerprint density at radius 1 is 1.47 bits per heavy atom. The minimum atomic E-state index is -0.306. The van der Waals surface area contributed by atoms with Gasteiger partial charge in [-0.25, -0.2) is 0 Å². The Balaban J connectivity index is 1.60. The molecule has 4 heteroatoms. The summed E-state index contributed by atoms with van der Waals surface area (Å²) in [5, 5.41) is 6.52. The fourth-order valence-electron chi connectivity index (χ4n) is 3.28. The van der Waals surface area contributed by atoms with Crippen molar-refractivity contribution >= 4 is 17.2 Å². The first-order valence-corrected chi connectivity index (χ1v) is 8.19. The van der Waals surface area contributed by atoms with Crippen molar-refractivity contribution < 1.29 is 4.79 Å². The van der Waals surface area contributed by atoms with Gasteiger partial charge < -0.3 is 10.6 Å². The molecule has 0 aromatic carbocycles. The van der Waals surface area contributed by atoms with Crippen LogP contribution >= 0.6 is 11.3 Å². The largest absolute Gasteiger partial charge is 0.350 e. The first-order chi connectivity index (χ1) is 9.23. The maximum absolute atomic E-state index is 12.4. The van der Waals surface area contributed by atoms with Crippen molar-refractivity contribution in [2.75, 3.05) is 6.54 Å². The molecule has 2 heterocycles. The van der Waals surface area contributed by atoms with Gasteiger partial charge in [0.05, 0.1) is 12.1 Å². The van der Waals surface area contributed by atoms with E-state index < -0.39 is 0 Å². The van der Waals surface area contributed by atoms with Crippen molar-refractivity contribution in [3.05, 3.63) is 21.4 Å². The fraction of sp³-hybridized carbons (Fsp3) is 0.667. The third kappa shape index (κ3) is 2.43. The first-order valence-electron chi connectivity index (χ1n) is 7.37. The third-order valence-electron chi connectivity index (χ3n) is 4.50. The van der Waals surface area contributed by atoms with E-state index in [1.54, 1.807) is 0 Å². The van der Waals surface area contributed by atoms with Crippen LogP contribution in [0.2, 0.25) is 0 Å². The molecule has 1 fully saturated rings. The topological polar surface area (TPSA) is 41.1 Å². The second-order valence-corrected chi connectivity index (χ2v) is 6.88. The van der Waals surface area contributed by atoms with Crippen LogP contribution in [-0.2, 0) is 24.2 Å². The van der Waals surface area contributed by atoms with Crippen LogP contribution in [0, 0.1) is 0 Å². The van der Waals surface area contributed by atoms with Gasteiger partial charge in [-0.2, -0.15) is 0 Å². The van der Waals surface area contributed by atoms with Gasteiger partial charge in [-0.3, -0.25) is 4.79 Å². The molecule has 1 aliphatic heterocycles. The van der Waals surface area contributed by atoms with Crippen molar-refractivity contribution in [1.82, 2.24) is 10.6 Å². The van der Waals surface area contributed by atoms with E-state index in [-0.39, 0.29) is 11.4 Å². The zero-order valence-corrected chi connectivity index (χ0v) is 12.4. The maximum Gasteiger partial charge on any atom is 0.240 e. The second kappa shape index (κ2) is 5.25. The first kappa shape index (κ1) is 13.1. The number of amides is 1. The molecular formula is C15H22N2OS. The monoisotopic (exact) mass is 278 g/mol. The highest BCUT2D eigenvalue weighted by Gasteiger charge is 2.38. The lowest BCUT2D eigenvalue weighted by molar-refractivity contribution is -0.127. The molecule has 2 N–H and O–H groups in total. The molecule has 1 amide bonds. The molecule has 0 bridgehead atoms.